The third kappa shape index (κ3) is 3.08. The number of hydrogen-bond acceptors (Lipinski definition) is 6. The Morgan fingerprint density at radius 2 is 2.25 bits per heavy atom. The number of fused-ring (bicyclic) bond motifs is 1. The molecular formula is C17H21N3O4. The second-order valence-electron chi connectivity index (χ2n) is 6.34. The maximum absolute atomic E-state index is 12.6. The summed E-state index contributed by atoms with van der Waals surface area (Å²) in [6, 6.07) is 3.78. The van der Waals surface area contributed by atoms with Crippen LogP contribution in [0.2, 0.25) is 0 Å². The molecule has 1 saturated heterocycles. The minimum Gasteiger partial charge on any atom is -0.461 e. The molecule has 128 valence electrons. The number of hydrogen-bond donors (Lipinski definition) is 0. The average molecular weight is 331 g/mol. The van der Waals surface area contributed by atoms with Gasteiger partial charge >= 0.3 is 0 Å². The first-order valence-corrected chi connectivity index (χ1v) is 8.59. The average Bonchev–Trinajstić information content (AvgIpc) is 3.30. The number of carbonyl (C=O) groups is 1. The number of furan rings is 1. The molecule has 2 fully saturated rings. The van der Waals surface area contributed by atoms with Crippen molar-refractivity contribution >= 4 is 5.91 Å². The number of nitrogens with zero attached hydrogens (tertiary/aromatic N) is 3. The Balaban J connectivity index is 1.36. The van der Waals surface area contributed by atoms with Crippen LogP contribution in [0.25, 0.3) is 11.6 Å². The van der Waals surface area contributed by atoms with Gasteiger partial charge in [0.2, 0.25) is 17.6 Å². The number of morpholine rings is 1. The van der Waals surface area contributed by atoms with Crippen LogP contribution in [0.15, 0.2) is 27.3 Å². The predicted molar refractivity (Wildman–Crippen MR) is 84.0 cm³/mol. The first-order valence-electron chi connectivity index (χ1n) is 8.59. The summed E-state index contributed by atoms with van der Waals surface area (Å²) < 4.78 is 16.3. The van der Waals surface area contributed by atoms with Gasteiger partial charge in [-0.05, 0) is 25.0 Å². The van der Waals surface area contributed by atoms with Crippen LogP contribution in [0.1, 0.15) is 38.0 Å². The molecule has 0 N–H and O–H groups in total. The summed E-state index contributed by atoms with van der Waals surface area (Å²) in [7, 11) is 0. The summed E-state index contributed by atoms with van der Waals surface area (Å²) in [4.78, 5) is 18.9. The van der Waals surface area contributed by atoms with E-state index in [1.54, 1.807) is 18.4 Å². The molecule has 2 aromatic heterocycles. The fourth-order valence-electron chi connectivity index (χ4n) is 3.63. The molecule has 24 heavy (non-hydrogen) atoms. The van der Waals surface area contributed by atoms with Gasteiger partial charge in [0, 0.05) is 19.4 Å². The molecule has 3 heterocycles. The topological polar surface area (TPSA) is 81.6 Å². The first kappa shape index (κ1) is 15.4. The third-order valence-electron chi connectivity index (χ3n) is 4.81. The molecule has 1 aliphatic heterocycles. The quantitative estimate of drug-likeness (QED) is 0.856. The van der Waals surface area contributed by atoms with Crippen molar-refractivity contribution in [3.05, 3.63) is 24.3 Å². The van der Waals surface area contributed by atoms with Crippen LogP contribution in [0.4, 0.5) is 0 Å². The Kier molecular flexibility index (Phi) is 4.34. The smallest absolute Gasteiger partial charge is 0.238 e. The maximum atomic E-state index is 12.6. The van der Waals surface area contributed by atoms with Crippen LogP contribution < -0.4 is 0 Å². The maximum Gasteiger partial charge on any atom is 0.238 e. The zero-order valence-corrected chi connectivity index (χ0v) is 13.5. The predicted octanol–water partition coefficient (Wildman–Crippen LogP) is 2.43. The van der Waals surface area contributed by atoms with E-state index in [9.17, 15) is 4.79 Å². The SMILES string of the molecule is O=C(CCc1nc(-c2ccco2)no1)N1CCO[C@@H]2CCCC[C@H]21. The zero-order chi connectivity index (χ0) is 16.4. The number of aromatic nitrogens is 2. The third-order valence-corrected chi connectivity index (χ3v) is 4.81. The van der Waals surface area contributed by atoms with Crippen molar-refractivity contribution in [1.29, 1.82) is 0 Å². The van der Waals surface area contributed by atoms with Crippen molar-refractivity contribution < 1.29 is 18.5 Å². The van der Waals surface area contributed by atoms with E-state index in [-0.39, 0.29) is 18.1 Å². The number of amides is 1. The standard InChI is InChI=1S/C17H21N3O4/c21-16(20-9-11-23-13-5-2-1-4-12(13)20)8-7-15-18-17(19-24-15)14-6-3-10-22-14/h3,6,10,12-13H,1-2,4-5,7-9,11H2/t12-,13-/m1/s1. The van der Waals surface area contributed by atoms with Crippen molar-refractivity contribution in [3.63, 3.8) is 0 Å². The van der Waals surface area contributed by atoms with Gasteiger partial charge < -0.3 is 18.6 Å². The molecule has 7 nitrogen and oxygen atoms in total. The molecule has 0 radical (unpaired) electrons. The highest BCUT2D eigenvalue weighted by molar-refractivity contribution is 5.77. The summed E-state index contributed by atoms with van der Waals surface area (Å²) in [5, 5.41) is 3.89. The van der Waals surface area contributed by atoms with Gasteiger partial charge in [0.05, 0.1) is 25.0 Å². The van der Waals surface area contributed by atoms with E-state index in [4.69, 9.17) is 13.7 Å². The summed E-state index contributed by atoms with van der Waals surface area (Å²) >= 11 is 0. The molecule has 0 bridgehead atoms. The molecule has 2 aromatic rings. The molecular weight excluding hydrogens is 310 g/mol. The Labute approximate surface area is 140 Å². The molecule has 0 spiro atoms. The monoisotopic (exact) mass is 331 g/mol. The Morgan fingerprint density at radius 3 is 3.12 bits per heavy atom. The van der Waals surface area contributed by atoms with Gasteiger partial charge in [-0.25, -0.2) is 0 Å². The number of carbonyl (C=O) groups excluding carboxylic acids is 1. The Bertz CT molecular complexity index is 680. The van der Waals surface area contributed by atoms with Gasteiger partial charge in [-0.1, -0.05) is 18.0 Å². The Hall–Kier alpha value is -2.15. The van der Waals surface area contributed by atoms with Crippen LogP contribution in [0, 0.1) is 0 Å². The summed E-state index contributed by atoms with van der Waals surface area (Å²) in [6.45, 7) is 1.32. The lowest BCUT2D eigenvalue weighted by Gasteiger charge is -2.43. The van der Waals surface area contributed by atoms with E-state index in [0.29, 0.717) is 43.5 Å². The molecule has 2 aliphatic rings. The lowest BCUT2D eigenvalue weighted by molar-refractivity contribution is -0.149. The minimum absolute atomic E-state index is 0.146. The highest BCUT2D eigenvalue weighted by Gasteiger charge is 2.36. The van der Waals surface area contributed by atoms with Crippen molar-refractivity contribution in [2.45, 2.75) is 50.7 Å². The summed E-state index contributed by atoms with van der Waals surface area (Å²) in [5.41, 5.74) is 0. The van der Waals surface area contributed by atoms with E-state index in [1.807, 2.05) is 4.90 Å². The molecule has 4 rings (SSSR count). The van der Waals surface area contributed by atoms with Gasteiger partial charge in [0.1, 0.15) is 0 Å². The number of aryl methyl sites for hydroxylation is 1. The van der Waals surface area contributed by atoms with E-state index in [1.165, 1.54) is 12.8 Å². The number of rotatable bonds is 4. The van der Waals surface area contributed by atoms with Gasteiger partial charge in [-0.3, -0.25) is 4.79 Å². The van der Waals surface area contributed by atoms with Crippen molar-refractivity contribution in [1.82, 2.24) is 15.0 Å². The molecule has 1 amide bonds. The lowest BCUT2D eigenvalue weighted by Crippen LogP contribution is -2.54. The van der Waals surface area contributed by atoms with Crippen LogP contribution >= 0.6 is 0 Å². The molecule has 7 heteroatoms. The molecule has 0 aromatic carbocycles. The van der Waals surface area contributed by atoms with Crippen LogP contribution in [0.3, 0.4) is 0 Å². The van der Waals surface area contributed by atoms with Crippen molar-refractivity contribution in [2.24, 2.45) is 0 Å². The van der Waals surface area contributed by atoms with Crippen LogP contribution in [-0.4, -0.2) is 46.2 Å². The summed E-state index contributed by atoms with van der Waals surface area (Å²) in [6.07, 6.45) is 7.07. The normalized spacial score (nSPS) is 23.9. The van der Waals surface area contributed by atoms with Crippen LogP contribution in [0.5, 0.6) is 0 Å². The van der Waals surface area contributed by atoms with Gasteiger partial charge in [-0.15, -0.1) is 0 Å². The fraction of sp³-hybridized carbons (Fsp3) is 0.588. The van der Waals surface area contributed by atoms with Crippen LogP contribution in [-0.2, 0) is 16.0 Å². The molecule has 1 saturated carbocycles. The highest BCUT2D eigenvalue weighted by Crippen LogP contribution is 2.29. The first-order chi connectivity index (χ1) is 11.8. The molecule has 0 unspecified atom stereocenters. The number of ether oxygens (including phenoxy) is 1. The zero-order valence-electron chi connectivity index (χ0n) is 13.5. The lowest BCUT2D eigenvalue weighted by atomic mass is 9.90. The van der Waals surface area contributed by atoms with Gasteiger partial charge in [0.15, 0.2) is 5.76 Å². The fourth-order valence-corrected chi connectivity index (χ4v) is 3.63. The minimum atomic E-state index is 0.146. The highest BCUT2D eigenvalue weighted by atomic mass is 16.5. The van der Waals surface area contributed by atoms with Crippen molar-refractivity contribution in [3.8, 4) is 11.6 Å². The van der Waals surface area contributed by atoms with Crippen molar-refractivity contribution in [2.75, 3.05) is 13.2 Å². The van der Waals surface area contributed by atoms with E-state index >= 15 is 0 Å². The molecule has 1 aliphatic carbocycles. The second-order valence-corrected chi connectivity index (χ2v) is 6.34. The van der Waals surface area contributed by atoms with E-state index in [0.717, 1.165) is 12.8 Å². The van der Waals surface area contributed by atoms with E-state index < -0.39 is 0 Å². The summed E-state index contributed by atoms with van der Waals surface area (Å²) in [5.74, 6) is 1.59. The second kappa shape index (κ2) is 6.76. The Morgan fingerprint density at radius 1 is 1.33 bits per heavy atom. The van der Waals surface area contributed by atoms with Gasteiger partial charge in [-0.2, -0.15) is 4.98 Å². The largest absolute Gasteiger partial charge is 0.461 e. The van der Waals surface area contributed by atoms with Gasteiger partial charge in [0.25, 0.3) is 0 Å². The molecule has 2 atom stereocenters. The van der Waals surface area contributed by atoms with E-state index in [2.05, 4.69) is 10.1 Å².